The summed E-state index contributed by atoms with van der Waals surface area (Å²) in [7, 11) is 0. The molecule has 0 bridgehead atoms. The zero-order chi connectivity index (χ0) is 70.4. The molecule has 0 aromatic heterocycles. The van der Waals surface area contributed by atoms with Crippen LogP contribution in [0, 0.1) is 96.1 Å². The van der Waals surface area contributed by atoms with E-state index in [1.165, 1.54) is 180 Å². The van der Waals surface area contributed by atoms with Gasteiger partial charge in [-0.3, -0.25) is 0 Å². The number of hydrogen-bond acceptors (Lipinski definition) is 0. The fraction of sp³-hybridized carbons (Fsp3) is 1.00. The van der Waals surface area contributed by atoms with E-state index in [1.54, 1.807) is 79.1 Å². The molecule has 0 aromatic carbocycles. The average molecular weight is 1300 g/mol. The summed E-state index contributed by atoms with van der Waals surface area (Å²) in [5.74, 6) is 5.34. The van der Waals surface area contributed by atoms with Crippen molar-refractivity contribution in [1.29, 1.82) is 0 Å². The normalized spacial score (nSPS) is 25.9. The molecule has 9 rings (SSSR count). The van der Waals surface area contributed by atoms with Crippen molar-refractivity contribution in [2.45, 2.75) is 449 Å². The summed E-state index contributed by atoms with van der Waals surface area (Å²) in [6, 6.07) is 0. The Hall–Kier alpha value is -0.420. The van der Waals surface area contributed by atoms with Gasteiger partial charge in [0.25, 0.3) is 0 Å². The van der Waals surface area contributed by atoms with Crippen LogP contribution in [0.3, 0.4) is 0 Å². The van der Waals surface area contributed by atoms with E-state index in [9.17, 15) is 26.3 Å². The van der Waals surface area contributed by atoms with Gasteiger partial charge in [0, 0.05) is 12.8 Å². The van der Waals surface area contributed by atoms with E-state index < -0.39 is 25.2 Å². The van der Waals surface area contributed by atoms with Gasteiger partial charge in [-0.15, -0.1) is 0 Å². The van der Waals surface area contributed by atoms with Crippen molar-refractivity contribution in [3.05, 3.63) is 0 Å². The van der Waals surface area contributed by atoms with Crippen LogP contribution in [0.4, 0.5) is 26.3 Å². The van der Waals surface area contributed by atoms with E-state index in [4.69, 9.17) is 0 Å². The van der Waals surface area contributed by atoms with Gasteiger partial charge in [-0.1, -0.05) is 283 Å². The van der Waals surface area contributed by atoms with Crippen LogP contribution in [-0.4, -0.2) is 12.4 Å². The van der Waals surface area contributed by atoms with E-state index in [1.807, 2.05) is 13.8 Å². The molecule has 9 aliphatic carbocycles. The zero-order valence-corrected chi connectivity index (χ0v) is 66.7. The minimum Gasteiger partial charge on any atom is -0.171 e. The Kier molecular flexibility index (Phi) is 41.7. The molecule has 6 heteroatoms. The summed E-state index contributed by atoms with van der Waals surface area (Å²) in [6.07, 6.45) is 45.9. The first-order valence-electron chi connectivity index (χ1n) is 39.9. The molecule has 0 saturated heterocycles. The second-order valence-electron chi connectivity index (χ2n) is 38.6. The molecule has 4 spiro atoms. The van der Waals surface area contributed by atoms with E-state index in [0.717, 1.165) is 51.8 Å². The predicted octanol–water partition coefficient (Wildman–Crippen LogP) is 32.0. The second kappa shape index (κ2) is 41.9. The lowest BCUT2D eigenvalue weighted by Crippen LogP contribution is -2.43. The number of hydrogen-bond donors (Lipinski definition) is 0. The summed E-state index contributed by atoms with van der Waals surface area (Å²) in [6.45, 7) is 58.1. The first-order chi connectivity index (χ1) is 41.7. The Labute approximate surface area is 568 Å². The number of rotatable bonds is 4. The minimum absolute atomic E-state index is 0.231. The molecule has 0 heterocycles. The van der Waals surface area contributed by atoms with Crippen LogP contribution in [0.1, 0.15) is 437 Å². The third-order valence-electron chi connectivity index (χ3n) is 23.6. The molecule has 2 atom stereocenters. The molecule has 91 heavy (non-hydrogen) atoms. The monoisotopic (exact) mass is 1300 g/mol. The van der Waals surface area contributed by atoms with Gasteiger partial charge in [0.2, 0.25) is 0 Å². The smallest absolute Gasteiger partial charge is 0.171 e. The molecule has 0 nitrogen and oxygen atoms in total. The van der Waals surface area contributed by atoms with Crippen molar-refractivity contribution < 1.29 is 26.3 Å². The summed E-state index contributed by atoms with van der Waals surface area (Å²) in [5, 5.41) is 0. The summed E-state index contributed by atoms with van der Waals surface area (Å²) in [5.41, 5.74) is 6.15. The highest BCUT2D eigenvalue weighted by molar-refractivity contribution is 4.99. The molecule has 2 unspecified atom stereocenters. The number of halogens is 6. The lowest BCUT2D eigenvalue weighted by atomic mass is 9.51. The highest BCUT2D eigenvalue weighted by atomic mass is 19.4. The molecule has 9 fully saturated rings. The molecule has 0 radical (unpaired) electrons. The molecule has 9 saturated carbocycles. The van der Waals surface area contributed by atoms with Crippen molar-refractivity contribution in [3.8, 4) is 0 Å². The van der Waals surface area contributed by atoms with Crippen molar-refractivity contribution in [1.82, 2.24) is 0 Å². The third kappa shape index (κ3) is 41.6. The van der Waals surface area contributed by atoms with E-state index in [-0.39, 0.29) is 11.8 Å². The molecule has 0 aliphatic heterocycles. The van der Waals surface area contributed by atoms with Gasteiger partial charge in [-0.05, 0) is 237 Å². The van der Waals surface area contributed by atoms with Crippen molar-refractivity contribution in [3.63, 3.8) is 0 Å². The molecule has 0 aromatic rings. The largest absolute Gasteiger partial charge is 0.389 e. The van der Waals surface area contributed by atoms with E-state index in [0.29, 0.717) is 45.3 Å². The first kappa shape index (κ1) is 90.6. The lowest BCUT2D eigenvalue weighted by molar-refractivity contribution is -0.144. The van der Waals surface area contributed by atoms with E-state index in [2.05, 4.69) is 138 Å². The van der Waals surface area contributed by atoms with E-state index >= 15 is 0 Å². The topological polar surface area (TPSA) is 0 Å². The standard InChI is InChI=1S/C16H30.C14H26.C12H22.C11H20.C11H22.2C6H11F3.C4H10.C3H8.C2H6/c1-13-6-8-16(9-7-13)11-14(2,3)10-15(4,5)12-16;1-12-4-6-14(7-5-12)10-8-13(2,3)9-11-14;1-11-5-9-12(10-6-11)7-3-2-4-8-12;1-10-4-8-11(9-5-10)6-2-3-7-11;1-9-6-10(2,3)8-11(4,5)7-9;2*1-3-5(2)4-6(7,8)9;1-4(2)3;1-3-2;1-2/h13H,6-12H2,1-5H3;12H,4-11H2,1-3H3;11H,2-10H2,1H3;10H,2-9H2,1H3;9H,6-8H2,1-5H3;2*5H,3-4H2,1-2H3;4H,1-3H3;3H2,1-2H3;1-2H3. The van der Waals surface area contributed by atoms with Crippen LogP contribution in [0.25, 0.3) is 0 Å². The van der Waals surface area contributed by atoms with Gasteiger partial charge < -0.3 is 0 Å². The Morgan fingerprint density at radius 3 is 0.769 bits per heavy atom. The van der Waals surface area contributed by atoms with Crippen LogP contribution in [0.5, 0.6) is 0 Å². The Balaban J connectivity index is 0.00000102. The van der Waals surface area contributed by atoms with Gasteiger partial charge in [0.1, 0.15) is 0 Å². The molecule has 548 valence electrons. The molecule has 0 N–H and O–H groups in total. The highest BCUT2D eigenvalue weighted by Crippen LogP contribution is 2.60. The Bertz CT molecular complexity index is 1690. The Morgan fingerprint density at radius 2 is 0.538 bits per heavy atom. The van der Waals surface area contributed by atoms with Crippen LogP contribution in [0.15, 0.2) is 0 Å². The van der Waals surface area contributed by atoms with Gasteiger partial charge in [0.15, 0.2) is 0 Å². The van der Waals surface area contributed by atoms with Crippen molar-refractivity contribution in [2.24, 2.45) is 96.1 Å². The van der Waals surface area contributed by atoms with Crippen LogP contribution in [0.2, 0.25) is 0 Å². The molecular weight excluding hydrogens is 1130 g/mol. The van der Waals surface area contributed by atoms with Crippen molar-refractivity contribution in [2.75, 3.05) is 0 Å². The summed E-state index contributed by atoms with van der Waals surface area (Å²) >= 11 is 0. The quantitative estimate of drug-likeness (QED) is 0.246. The van der Waals surface area contributed by atoms with Crippen LogP contribution >= 0.6 is 0 Å². The Morgan fingerprint density at radius 1 is 0.308 bits per heavy atom. The zero-order valence-electron chi connectivity index (χ0n) is 66.7. The molecule has 9 aliphatic rings. The first-order valence-corrected chi connectivity index (χ1v) is 39.9. The summed E-state index contributed by atoms with van der Waals surface area (Å²) in [4.78, 5) is 0. The lowest BCUT2D eigenvalue weighted by Gasteiger charge is -2.54. The van der Waals surface area contributed by atoms with Gasteiger partial charge >= 0.3 is 12.4 Å². The fourth-order valence-electron chi connectivity index (χ4n) is 19.2. The summed E-state index contributed by atoms with van der Waals surface area (Å²) < 4.78 is 69.0. The maximum Gasteiger partial charge on any atom is 0.389 e. The minimum atomic E-state index is -3.98. The average Bonchev–Trinajstić information content (AvgIpc) is 1.36. The molecule has 0 amide bonds. The van der Waals surface area contributed by atoms with Gasteiger partial charge in [0.05, 0.1) is 0 Å². The van der Waals surface area contributed by atoms with Crippen LogP contribution in [-0.2, 0) is 0 Å². The predicted molar refractivity (Wildman–Crippen MR) is 394 cm³/mol. The molecular formula is C85H166F6. The third-order valence-corrected chi connectivity index (χ3v) is 23.6. The second-order valence-corrected chi connectivity index (χ2v) is 38.6. The maximum absolute atomic E-state index is 11.5. The fourth-order valence-corrected chi connectivity index (χ4v) is 19.2. The van der Waals surface area contributed by atoms with Crippen LogP contribution < -0.4 is 0 Å². The van der Waals surface area contributed by atoms with Gasteiger partial charge in [-0.25, -0.2) is 0 Å². The highest BCUT2D eigenvalue weighted by Gasteiger charge is 2.48. The maximum atomic E-state index is 11.5. The van der Waals surface area contributed by atoms with Gasteiger partial charge in [-0.2, -0.15) is 26.3 Å². The van der Waals surface area contributed by atoms with Crippen molar-refractivity contribution >= 4 is 0 Å². The SMILES string of the molecule is CC.CC(C)C.CC1CC(C)(C)CC(C)(C)C1.CC1CCC2(CC1)CC(C)(C)CC(C)(C)C2.CC1CCC2(CC1)CCC(C)(C)CC2.CC1CCC2(CCCC2)CC1.CC1CCC2(CCCCC2)CC1.CCC.CCC(C)CC(F)(F)F.CCC(C)CC(F)(F)F. The number of alkyl halides is 6.